The Morgan fingerprint density at radius 1 is 1.17 bits per heavy atom. The van der Waals surface area contributed by atoms with E-state index in [2.05, 4.69) is 41.1 Å². The molecule has 9 heteroatoms. The van der Waals surface area contributed by atoms with Crippen LogP contribution in [0.25, 0.3) is 11.8 Å². The van der Waals surface area contributed by atoms with E-state index in [1.807, 2.05) is 0 Å². The summed E-state index contributed by atoms with van der Waals surface area (Å²) in [5.74, 6) is 1.18. The van der Waals surface area contributed by atoms with Crippen molar-refractivity contribution in [2.24, 2.45) is 0 Å². The van der Waals surface area contributed by atoms with Gasteiger partial charge in [-0.15, -0.1) is 0 Å². The van der Waals surface area contributed by atoms with Gasteiger partial charge in [0.2, 0.25) is 0 Å². The van der Waals surface area contributed by atoms with Gasteiger partial charge in [0, 0.05) is 12.4 Å². The Morgan fingerprint density at radius 3 is 2.72 bits per heavy atom. The molecule has 3 rings (SSSR count). The molecule has 18 heavy (non-hydrogen) atoms. The molecule has 0 unspecified atom stereocenters. The molecule has 0 saturated heterocycles. The molecule has 0 aliphatic rings. The summed E-state index contributed by atoms with van der Waals surface area (Å²) in [7, 11) is 0. The highest BCUT2D eigenvalue weighted by Crippen LogP contribution is 2.24. The fourth-order valence-electron chi connectivity index (χ4n) is 1.40. The third-order valence-corrected chi connectivity index (χ3v) is 2.95. The molecule has 0 aliphatic heterocycles. The first-order valence-electron chi connectivity index (χ1n) is 4.94. The monoisotopic (exact) mass is 306 g/mol. The Labute approximate surface area is 110 Å². The molecule has 0 bridgehead atoms. The molecule has 0 aromatic carbocycles. The molecule has 0 aliphatic carbocycles. The topological polar surface area (TPSA) is 100 Å². The molecule has 2 N–H and O–H groups in total. The standard InChI is InChI=1S/C9H7BrN8/c10-6-7(11)15-9(18-5-12-4-14-18)16-8(6)17-3-1-2-13-17/h1-5H,(H2,11,15,16). The summed E-state index contributed by atoms with van der Waals surface area (Å²) in [5, 5.41) is 8.07. The number of nitrogens with two attached hydrogens (primary N) is 1. The Hall–Kier alpha value is -2.29. The van der Waals surface area contributed by atoms with E-state index in [9.17, 15) is 0 Å². The van der Waals surface area contributed by atoms with Crippen LogP contribution in [0.2, 0.25) is 0 Å². The number of hydrogen-bond acceptors (Lipinski definition) is 6. The second kappa shape index (κ2) is 4.18. The highest BCUT2D eigenvalue weighted by molar-refractivity contribution is 9.10. The maximum Gasteiger partial charge on any atom is 0.256 e. The van der Waals surface area contributed by atoms with E-state index in [0.717, 1.165) is 0 Å². The number of aromatic nitrogens is 7. The number of nitrogen functional groups attached to an aromatic ring is 1. The third-order valence-electron chi connectivity index (χ3n) is 2.19. The number of nitrogens with zero attached hydrogens (tertiary/aromatic N) is 7. The van der Waals surface area contributed by atoms with Gasteiger partial charge in [-0.3, -0.25) is 0 Å². The Morgan fingerprint density at radius 2 is 2.06 bits per heavy atom. The first-order valence-corrected chi connectivity index (χ1v) is 5.73. The average Bonchev–Trinajstić information content (AvgIpc) is 3.03. The SMILES string of the molecule is Nc1nc(-n2cncn2)nc(-n2cccn2)c1Br. The minimum absolute atomic E-state index is 0.306. The lowest BCUT2D eigenvalue weighted by Gasteiger charge is -2.08. The smallest absolute Gasteiger partial charge is 0.256 e. The fraction of sp³-hybridized carbons (Fsp3) is 0. The first kappa shape index (κ1) is 10.8. The van der Waals surface area contributed by atoms with Crippen LogP contribution >= 0.6 is 15.9 Å². The van der Waals surface area contributed by atoms with Gasteiger partial charge in [0.1, 0.15) is 22.9 Å². The van der Waals surface area contributed by atoms with E-state index in [4.69, 9.17) is 5.73 Å². The van der Waals surface area contributed by atoms with Gasteiger partial charge in [-0.1, -0.05) is 0 Å². The Balaban J connectivity index is 2.20. The second-order valence-corrected chi connectivity index (χ2v) is 4.13. The van der Waals surface area contributed by atoms with Gasteiger partial charge in [0.25, 0.3) is 5.95 Å². The highest BCUT2D eigenvalue weighted by Gasteiger charge is 2.13. The quantitative estimate of drug-likeness (QED) is 0.743. The van der Waals surface area contributed by atoms with Crippen LogP contribution in [0.15, 0.2) is 35.6 Å². The summed E-state index contributed by atoms with van der Waals surface area (Å²) < 4.78 is 3.59. The molecule has 3 aromatic heterocycles. The summed E-state index contributed by atoms with van der Waals surface area (Å²) in [6.45, 7) is 0. The molecular weight excluding hydrogens is 300 g/mol. The first-order chi connectivity index (χ1) is 8.75. The van der Waals surface area contributed by atoms with Gasteiger partial charge >= 0.3 is 0 Å². The Kier molecular flexibility index (Phi) is 2.52. The zero-order chi connectivity index (χ0) is 12.5. The largest absolute Gasteiger partial charge is 0.383 e. The summed E-state index contributed by atoms with van der Waals surface area (Å²) >= 11 is 3.34. The van der Waals surface area contributed by atoms with E-state index in [0.29, 0.717) is 22.1 Å². The molecule has 0 atom stereocenters. The lowest BCUT2D eigenvalue weighted by atomic mass is 10.5. The van der Waals surface area contributed by atoms with Crippen LogP contribution in [-0.4, -0.2) is 34.5 Å². The highest BCUT2D eigenvalue weighted by atomic mass is 79.9. The molecule has 90 valence electrons. The minimum Gasteiger partial charge on any atom is -0.383 e. The van der Waals surface area contributed by atoms with E-state index in [-0.39, 0.29) is 0 Å². The van der Waals surface area contributed by atoms with Gasteiger partial charge in [-0.2, -0.15) is 24.8 Å². The van der Waals surface area contributed by atoms with Crippen LogP contribution in [0, 0.1) is 0 Å². The van der Waals surface area contributed by atoms with Gasteiger partial charge < -0.3 is 5.73 Å². The summed E-state index contributed by atoms with van der Waals surface area (Å²) in [6, 6.07) is 1.79. The molecule has 3 heterocycles. The maximum atomic E-state index is 5.83. The van der Waals surface area contributed by atoms with Crippen molar-refractivity contribution in [2.75, 3.05) is 5.73 Å². The van der Waals surface area contributed by atoms with Crippen LogP contribution < -0.4 is 5.73 Å². The zero-order valence-corrected chi connectivity index (χ0v) is 10.6. The molecule has 0 spiro atoms. The van der Waals surface area contributed by atoms with E-state index >= 15 is 0 Å². The van der Waals surface area contributed by atoms with Gasteiger partial charge in [0.05, 0.1) is 0 Å². The molecular formula is C9H7BrN8. The number of anilines is 1. The predicted molar refractivity (Wildman–Crippen MR) is 66.2 cm³/mol. The summed E-state index contributed by atoms with van der Waals surface area (Å²) in [6.07, 6.45) is 6.31. The predicted octanol–water partition coefficient (Wildman–Crippen LogP) is 0.588. The van der Waals surface area contributed by atoms with Crippen molar-refractivity contribution in [3.63, 3.8) is 0 Å². The summed E-state index contributed by atoms with van der Waals surface area (Å²) in [4.78, 5) is 12.3. The van der Waals surface area contributed by atoms with Crippen molar-refractivity contribution >= 4 is 21.7 Å². The van der Waals surface area contributed by atoms with Gasteiger partial charge in [-0.05, 0) is 22.0 Å². The lowest BCUT2D eigenvalue weighted by Crippen LogP contribution is -2.10. The maximum absolute atomic E-state index is 5.83. The lowest BCUT2D eigenvalue weighted by molar-refractivity contribution is 0.772. The van der Waals surface area contributed by atoms with Crippen molar-refractivity contribution in [1.29, 1.82) is 0 Å². The fourth-order valence-corrected chi connectivity index (χ4v) is 1.76. The van der Waals surface area contributed by atoms with Crippen molar-refractivity contribution in [3.05, 3.63) is 35.6 Å². The number of hydrogen-bond donors (Lipinski definition) is 1. The van der Waals surface area contributed by atoms with Gasteiger partial charge in [0.15, 0.2) is 5.82 Å². The van der Waals surface area contributed by atoms with Crippen LogP contribution in [0.3, 0.4) is 0 Å². The number of rotatable bonds is 2. The normalized spacial score (nSPS) is 10.7. The minimum atomic E-state index is 0.306. The third kappa shape index (κ3) is 1.74. The molecule has 0 fully saturated rings. The van der Waals surface area contributed by atoms with Crippen LogP contribution in [0.4, 0.5) is 5.82 Å². The van der Waals surface area contributed by atoms with E-state index < -0.39 is 0 Å². The van der Waals surface area contributed by atoms with Crippen LogP contribution in [0.5, 0.6) is 0 Å². The molecule has 0 radical (unpaired) electrons. The van der Waals surface area contributed by atoms with E-state index in [1.165, 1.54) is 17.3 Å². The summed E-state index contributed by atoms with van der Waals surface area (Å²) in [5.41, 5.74) is 5.83. The Bertz CT molecular complexity index is 660. The van der Waals surface area contributed by atoms with Crippen LogP contribution in [-0.2, 0) is 0 Å². The van der Waals surface area contributed by atoms with Crippen molar-refractivity contribution in [1.82, 2.24) is 34.5 Å². The van der Waals surface area contributed by atoms with Crippen molar-refractivity contribution in [2.45, 2.75) is 0 Å². The average molecular weight is 307 g/mol. The molecule has 8 nitrogen and oxygen atoms in total. The molecule has 0 saturated carbocycles. The molecule has 0 amide bonds. The van der Waals surface area contributed by atoms with Crippen LogP contribution in [0.1, 0.15) is 0 Å². The van der Waals surface area contributed by atoms with Crippen molar-refractivity contribution < 1.29 is 0 Å². The molecule has 3 aromatic rings. The zero-order valence-electron chi connectivity index (χ0n) is 8.97. The van der Waals surface area contributed by atoms with Gasteiger partial charge in [-0.25, -0.2) is 9.67 Å². The number of halogens is 1. The second-order valence-electron chi connectivity index (χ2n) is 3.34. The van der Waals surface area contributed by atoms with Crippen molar-refractivity contribution in [3.8, 4) is 11.8 Å². The van der Waals surface area contributed by atoms with E-state index in [1.54, 1.807) is 23.1 Å².